The first kappa shape index (κ1) is 30.1. The molecule has 0 bridgehead atoms. The number of methoxy groups -OCH3 is 1. The molecular formula is C32H35FN6O3S. The van der Waals surface area contributed by atoms with Gasteiger partial charge >= 0.3 is 0 Å². The summed E-state index contributed by atoms with van der Waals surface area (Å²) in [6, 6.07) is 19.1. The number of likely N-dealkylation sites (N-methyl/N-ethyl adjacent to an activating group) is 1. The molecule has 2 N–H and O–H groups in total. The van der Waals surface area contributed by atoms with Gasteiger partial charge in [-0.1, -0.05) is 18.2 Å². The maximum Gasteiger partial charge on any atom is 0.191 e. The summed E-state index contributed by atoms with van der Waals surface area (Å²) in [5.41, 5.74) is 7.70. The van der Waals surface area contributed by atoms with Crippen LogP contribution in [0.4, 0.5) is 10.1 Å². The number of hydrazone groups is 1. The van der Waals surface area contributed by atoms with E-state index in [1.54, 1.807) is 37.6 Å². The van der Waals surface area contributed by atoms with Gasteiger partial charge in [0.1, 0.15) is 5.75 Å². The lowest BCUT2D eigenvalue weighted by molar-refractivity contribution is 0.145. The largest absolute Gasteiger partial charge is 0.493 e. The minimum absolute atomic E-state index is 0.0575. The van der Waals surface area contributed by atoms with Crippen molar-refractivity contribution in [2.45, 2.75) is 6.42 Å². The van der Waals surface area contributed by atoms with Gasteiger partial charge in [0.05, 0.1) is 31.1 Å². The summed E-state index contributed by atoms with van der Waals surface area (Å²) in [5, 5.41) is 6.48. The Hall–Kier alpha value is -4.32. The Balaban J connectivity index is 1.27. The molecule has 1 fully saturated rings. The SMILES string of the molecule is COc1cc2c(Oc3ccc(C=NN(C(N)=S)c4ccccc4)cc3F)ccnc2cc1OCCCN1CCN(C)CC1. The topological polar surface area (TPSA) is 88.7 Å². The van der Waals surface area contributed by atoms with Crippen LogP contribution >= 0.6 is 12.2 Å². The van der Waals surface area contributed by atoms with Crippen LogP contribution in [0, 0.1) is 5.82 Å². The van der Waals surface area contributed by atoms with Crippen molar-refractivity contribution >= 4 is 40.1 Å². The highest BCUT2D eigenvalue weighted by atomic mass is 32.1. The summed E-state index contributed by atoms with van der Waals surface area (Å²) in [6.07, 6.45) is 4.01. The van der Waals surface area contributed by atoms with E-state index >= 15 is 4.39 Å². The van der Waals surface area contributed by atoms with E-state index in [2.05, 4.69) is 26.9 Å². The van der Waals surface area contributed by atoms with E-state index in [1.807, 2.05) is 36.4 Å². The van der Waals surface area contributed by atoms with Crippen LogP contribution in [0.3, 0.4) is 0 Å². The summed E-state index contributed by atoms with van der Waals surface area (Å²) >= 11 is 5.12. The molecule has 1 saturated heterocycles. The first-order chi connectivity index (χ1) is 20.9. The molecule has 0 radical (unpaired) electrons. The number of nitrogens with zero attached hydrogens (tertiary/aromatic N) is 5. The number of fused-ring (bicyclic) bond motifs is 1. The van der Waals surface area contributed by atoms with Crippen LogP contribution < -0.4 is 25.0 Å². The molecule has 11 heteroatoms. The molecular weight excluding hydrogens is 567 g/mol. The summed E-state index contributed by atoms with van der Waals surface area (Å²) < 4.78 is 32.9. The number of benzene rings is 3. The number of rotatable bonds is 11. The lowest BCUT2D eigenvalue weighted by Gasteiger charge is -2.32. The minimum atomic E-state index is -0.553. The Morgan fingerprint density at radius 2 is 1.81 bits per heavy atom. The van der Waals surface area contributed by atoms with Crippen LogP contribution in [0.5, 0.6) is 23.0 Å². The Morgan fingerprint density at radius 1 is 1.02 bits per heavy atom. The number of pyridine rings is 1. The number of anilines is 1. The zero-order valence-corrected chi connectivity index (χ0v) is 25.1. The second-order valence-electron chi connectivity index (χ2n) is 10.2. The summed E-state index contributed by atoms with van der Waals surface area (Å²) in [5.74, 6) is 1.10. The Kier molecular flexibility index (Phi) is 9.98. The predicted octanol–water partition coefficient (Wildman–Crippen LogP) is 5.28. The Morgan fingerprint density at radius 3 is 2.53 bits per heavy atom. The van der Waals surface area contributed by atoms with E-state index in [1.165, 1.54) is 17.3 Å². The average Bonchev–Trinajstić information content (AvgIpc) is 3.01. The van der Waals surface area contributed by atoms with E-state index in [0.717, 1.165) is 39.1 Å². The predicted molar refractivity (Wildman–Crippen MR) is 172 cm³/mol. The second kappa shape index (κ2) is 14.2. The molecule has 43 heavy (non-hydrogen) atoms. The van der Waals surface area contributed by atoms with Gasteiger partial charge in [-0.05, 0) is 73.7 Å². The van der Waals surface area contributed by atoms with Crippen LogP contribution in [0.25, 0.3) is 10.9 Å². The fraction of sp³-hybridized carbons (Fsp3) is 0.281. The maximum atomic E-state index is 15.2. The smallest absolute Gasteiger partial charge is 0.191 e. The van der Waals surface area contributed by atoms with Gasteiger partial charge in [-0.25, -0.2) is 9.40 Å². The van der Waals surface area contributed by atoms with Gasteiger partial charge in [0.25, 0.3) is 0 Å². The number of nitrogens with two attached hydrogens (primary N) is 1. The number of ether oxygens (including phenoxy) is 3. The molecule has 3 aromatic carbocycles. The average molecular weight is 603 g/mol. The number of hydrogen-bond donors (Lipinski definition) is 1. The molecule has 1 aromatic heterocycles. The van der Waals surface area contributed by atoms with Gasteiger partial charge in [-0.15, -0.1) is 0 Å². The second-order valence-corrected chi connectivity index (χ2v) is 10.6. The van der Waals surface area contributed by atoms with Crippen molar-refractivity contribution in [2.24, 2.45) is 10.8 Å². The van der Waals surface area contributed by atoms with Crippen molar-refractivity contribution in [1.82, 2.24) is 14.8 Å². The van der Waals surface area contributed by atoms with Crippen LogP contribution in [0.1, 0.15) is 12.0 Å². The minimum Gasteiger partial charge on any atom is -0.493 e. The molecule has 0 spiro atoms. The van der Waals surface area contributed by atoms with Gasteiger partial charge in [-0.3, -0.25) is 4.98 Å². The zero-order chi connectivity index (χ0) is 30.2. The van der Waals surface area contributed by atoms with Crippen molar-refractivity contribution < 1.29 is 18.6 Å². The van der Waals surface area contributed by atoms with Crippen molar-refractivity contribution in [3.8, 4) is 23.0 Å². The van der Waals surface area contributed by atoms with E-state index in [9.17, 15) is 0 Å². The molecule has 0 aliphatic carbocycles. The molecule has 5 rings (SSSR count). The highest BCUT2D eigenvalue weighted by Crippen LogP contribution is 2.37. The van der Waals surface area contributed by atoms with Crippen LogP contribution in [0.15, 0.2) is 78.0 Å². The molecule has 2 heterocycles. The molecule has 1 aliphatic heterocycles. The molecule has 4 aromatic rings. The number of piperazine rings is 1. The maximum absolute atomic E-state index is 15.2. The number of thiocarbonyl (C=S) groups is 1. The number of aromatic nitrogens is 1. The van der Waals surface area contributed by atoms with Crippen molar-refractivity contribution in [3.05, 3.63) is 84.3 Å². The first-order valence-electron chi connectivity index (χ1n) is 14.1. The van der Waals surface area contributed by atoms with Gasteiger partial charge in [0.15, 0.2) is 28.2 Å². The van der Waals surface area contributed by atoms with Crippen molar-refractivity contribution in [2.75, 3.05) is 58.5 Å². The summed E-state index contributed by atoms with van der Waals surface area (Å²) in [7, 11) is 3.74. The lowest BCUT2D eigenvalue weighted by atomic mass is 10.1. The van der Waals surface area contributed by atoms with Gasteiger partial charge in [-0.2, -0.15) is 5.10 Å². The number of para-hydroxylation sites is 1. The number of hydrogen-bond acceptors (Lipinski definition) is 8. The molecule has 224 valence electrons. The Bertz CT molecular complexity index is 1580. The molecule has 9 nitrogen and oxygen atoms in total. The van der Waals surface area contributed by atoms with Gasteiger partial charge in [0, 0.05) is 50.4 Å². The van der Waals surface area contributed by atoms with E-state index < -0.39 is 5.82 Å². The molecule has 0 unspecified atom stereocenters. The fourth-order valence-corrected chi connectivity index (χ4v) is 4.93. The normalized spacial score (nSPS) is 14.2. The van der Waals surface area contributed by atoms with E-state index in [-0.39, 0.29) is 10.9 Å². The molecule has 1 aliphatic rings. The van der Waals surface area contributed by atoms with Crippen molar-refractivity contribution in [3.63, 3.8) is 0 Å². The fourth-order valence-electron chi connectivity index (χ4n) is 4.77. The Labute approximate surface area is 256 Å². The third-order valence-corrected chi connectivity index (χ3v) is 7.34. The van der Waals surface area contributed by atoms with Crippen LogP contribution in [0.2, 0.25) is 0 Å². The van der Waals surface area contributed by atoms with E-state index in [0.29, 0.717) is 46.0 Å². The molecule has 0 saturated carbocycles. The van der Waals surface area contributed by atoms with Crippen LogP contribution in [-0.2, 0) is 0 Å². The van der Waals surface area contributed by atoms with Gasteiger partial charge in [0.2, 0.25) is 0 Å². The highest BCUT2D eigenvalue weighted by Gasteiger charge is 2.16. The van der Waals surface area contributed by atoms with Gasteiger partial charge < -0.3 is 29.7 Å². The quantitative estimate of drug-likeness (QED) is 0.107. The number of halogens is 1. The van der Waals surface area contributed by atoms with E-state index in [4.69, 9.17) is 32.2 Å². The summed E-state index contributed by atoms with van der Waals surface area (Å²) in [4.78, 5) is 9.28. The van der Waals surface area contributed by atoms with Crippen molar-refractivity contribution in [1.29, 1.82) is 0 Å². The molecule has 0 atom stereocenters. The third-order valence-electron chi connectivity index (χ3n) is 7.17. The first-order valence-corrected chi connectivity index (χ1v) is 14.5. The monoisotopic (exact) mass is 602 g/mol. The highest BCUT2D eigenvalue weighted by molar-refractivity contribution is 7.80. The summed E-state index contributed by atoms with van der Waals surface area (Å²) in [6.45, 7) is 5.89. The third kappa shape index (κ3) is 7.75. The van der Waals surface area contributed by atoms with Crippen LogP contribution in [-0.4, -0.2) is 79.6 Å². The lowest BCUT2D eigenvalue weighted by Crippen LogP contribution is -2.44. The zero-order valence-electron chi connectivity index (χ0n) is 24.3. The molecule has 0 amide bonds. The standard InChI is InChI=1S/C32H35FN6O3S/c1-37-14-16-38(17-15-37)13-6-18-41-31-21-27-25(20-30(31)40-2)28(11-12-35-27)42-29-10-9-23(19-26(29)33)22-36-39(32(34)43)24-7-4-3-5-8-24/h3-5,7-12,19-22H,6,13-18H2,1-2H3,(H2,34,43).